The summed E-state index contributed by atoms with van der Waals surface area (Å²) in [5, 5.41) is 19.4. The van der Waals surface area contributed by atoms with E-state index in [1.807, 2.05) is 55.5 Å². The minimum absolute atomic E-state index is 0. The van der Waals surface area contributed by atoms with E-state index in [1.54, 1.807) is 4.57 Å². The summed E-state index contributed by atoms with van der Waals surface area (Å²) in [6, 6.07) is 15.5. The van der Waals surface area contributed by atoms with Crippen LogP contribution in [0.4, 0.5) is 4.39 Å². The number of nitrogens with zero attached hydrogens (tertiary/aromatic N) is 9. The molecule has 0 radical (unpaired) electrons. The third-order valence-corrected chi connectivity index (χ3v) is 7.64. The standard InChI is InChI=1S/C32H31FN10O5.K/c1-2-3-8-26-37-29(33)25(17-47-27(44)13-14-28(45)48-19-43-31-24(15-36-43)32(46)35-18-34-31)42(26)16-20-9-11-21(12-10-20)22-6-4-5-7-23(22)30-38-40-41-39-30;/h4-7,9-12,15,18H,2-3,8,13-14,16-17,19H2,1H3,(H2,34,35,36,38,39,40,41,46);/q;+1/p-1. The average Bonchev–Trinajstić information content (AvgIpc) is 3.85. The number of hydrogen-bond donors (Lipinski definition) is 1. The predicted molar refractivity (Wildman–Crippen MR) is 167 cm³/mol. The molecule has 0 fully saturated rings. The van der Waals surface area contributed by atoms with Crippen LogP contribution < -0.4 is 62.0 Å². The molecule has 0 aliphatic heterocycles. The number of nitrogens with one attached hydrogen (secondary N) is 1. The van der Waals surface area contributed by atoms with Crippen LogP contribution in [0.2, 0.25) is 0 Å². The number of aryl methyl sites for hydroxylation is 1. The number of unbranched alkanes of at least 4 members (excludes halogenated alkanes) is 1. The minimum atomic E-state index is -0.713. The Labute approximate surface area is 321 Å². The van der Waals surface area contributed by atoms with Gasteiger partial charge in [-0.1, -0.05) is 61.9 Å². The van der Waals surface area contributed by atoms with Crippen molar-refractivity contribution in [1.29, 1.82) is 0 Å². The fraction of sp³-hybridized carbons (Fsp3) is 0.281. The number of esters is 2. The fourth-order valence-electron chi connectivity index (χ4n) is 5.14. The maximum absolute atomic E-state index is 15.1. The van der Waals surface area contributed by atoms with E-state index in [0.717, 1.165) is 35.1 Å². The number of carbonyl (C=O) groups is 2. The molecule has 4 aromatic heterocycles. The summed E-state index contributed by atoms with van der Waals surface area (Å²) in [4.78, 5) is 47.3. The van der Waals surface area contributed by atoms with Crippen LogP contribution in [0.15, 0.2) is 65.8 Å². The van der Waals surface area contributed by atoms with Crippen LogP contribution >= 0.6 is 0 Å². The quantitative estimate of drug-likeness (QED) is 0.122. The van der Waals surface area contributed by atoms with Crippen molar-refractivity contribution in [3.63, 3.8) is 0 Å². The Morgan fingerprint density at radius 1 is 1.02 bits per heavy atom. The van der Waals surface area contributed by atoms with Crippen LogP contribution in [0, 0.1) is 5.95 Å². The second-order valence-corrected chi connectivity index (χ2v) is 10.8. The third kappa shape index (κ3) is 8.60. The molecule has 0 saturated heterocycles. The van der Waals surface area contributed by atoms with E-state index in [4.69, 9.17) is 9.47 Å². The number of imidazole rings is 1. The van der Waals surface area contributed by atoms with Crippen molar-refractivity contribution < 1.29 is 74.8 Å². The van der Waals surface area contributed by atoms with Gasteiger partial charge < -0.3 is 24.1 Å². The van der Waals surface area contributed by atoms with E-state index in [1.165, 1.54) is 17.2 Å². The van der Waals surface area contributed by atoms with Crippen LogP contribution in [0.25, 0.3) is 33.5 Å². The molecular formula is C32H30FKN10O5. The Balaban J connectivity index is 0.00000468. The number of aromatic amines is 1. The van der Waals surface area contributed by atoms with Gasteiger partial charge in [0.05, 0.1) is 25.4 Å². The van der Waals surface area contributed by atoms with Gasteiger partial charge in [0, 0.05) is 18.8 Å². The third-order valence-electron chi connectivity index (χ3n) is 7.64. The van der Waals surface area contributed by atoms with Gasteiger partial charge >= 0.3 is 63.3 Å². The smallest absolute Gasteiger partial charge is 0.459 e. The summed E-state index contributed by atoms with van der Waals surface area (Å²) >= 11 is 0. The maximum atomic E-state index is 15.1. The zero-order valence-electron chi connectivity index (χ0n) is 26.9. The molecule has 0 aliphatic rings. The molecule has 49 heavy (non-hydrogen) atoms. The molecule has 246 valence electrons. The molecule has 0 unspecified atom stereocenters. The average molecular weight is 693 g/mol. The number of aromatic nitrogens is 10. The van der Waals surface area contributed by atoms with E-state index in [9.17, 15) is 14.4 Å². The summed E-state index contributed by atoms with van der Waals surface area (Å²) in [5.41, 5.74) is 3.55. The molecule has 1 N–H and O–H groups in total. The van der Waals surface area contributed by atoms with E-state index in [-0.39, 0.29) is 99.9 Å². The van der Waals surface area contributed by atoms with E-state index < -0.39 is 17.9 Å². The number of benzene rings is 2. The second kappa shape index (κ2) is 16.8. The fourth-order valence-corrected chi connectivity index (χ4v) is 5.14. The Bertz CT molecular complexity index is 2090. The van der Waals surface area contributed by atoms with Gasteiger partial charge in [-0.25, -0.2) is 14.6 Å². The van der Waals surface area contributed by atoms with Gasteiger partial charge in [-0.05, 0) is 28.7 Å². The summed E-state index contributed by atoms with van der Waals surface area (Å²) in [6.45, 7) is 1.70. The first-order chi connectivity index (χ1) is 23.4. The summed E-state index contributed by atoms with van der Waals surface area (Å²) < 4.78 is 28.7. The molecule has 0 atom stereocenters. The largest absolute Gasteiger partial charge is 1.00 e. The molecule has 0 aliphatic carbocycles. The van der Waals surface area contributed by atoms with Crippen molar-refractivity contribution in [3.8, 4) is 22.5 Å². The molecule has 17 heteroatoms. The Kier molecular flexibility index (Phi) is 12.3. The van der Waals surface area contributed by atoms with E-state index in [2.05, 4.69) is 40.7 Å². The Morgan fingerprint density at radius 3 is 2.51 bits per heavy atom. The molecule has 4 heterocycles. The van der Waals surface area contributed by atoms with Gasteiger partial charge in [0.2, 0.25) is 5.95 Å². The zero-order valence-corrected chi connectivity index (χ0v) is 30.0. The van der Waals surface area contributed by atoms with Crippen LogP contribution in [0.3, 0.4) is 0 Å². The minimum Gasteiger partial charge on any atom is -0.459 e. The molecule has 2 aromatic carbocycles. The van der Waals surface area contributed by atoms with Gasteiger partial charge in [-0.15, -0.1) is 0 Å². The number of ether oxygens (including phenoxy) is 2. The van der Waals surface area contributed by atoms with Crippen molar-refractivity contribution in [2.24, 2.45) is 0 Å². The molecule has 0 bridgehead atoms. The van der Waals surface area contributed by atoms with Crippen molar-refractivity contribution in [2.45, 2.75) is 58.9 Å². The van der Waals surface area contributed by atoms with E-state index >= 15 is 4.39 Å². The second-order valence-electron chi connectivity index (χ2n) is 10.8. The maximum Gasteiger partial charge on any atom is 1.00 e. The normalized spacial score (nSPS) is 11.0. The number of halogens is 1. The van der Waals surface area contributed by atoms with Gasteiger partial charge in [-0.3, -0.25) is 24.7 Å². The molecular weight excluding hydrogens is 663 g/mol. The predicted octanol–water partition coefficient (Wildman–Crippen LogP) is 0.351. The van der Waals surface area contributed by atoms with Crippen molar-refractivity contribution >= 4 is 23.0 Å². The first-order valence-corrected chi connectivity index (χ1v) is 15.2. The van der Waals surface area contributed by atoms with Gasteiger partial charge in [-0.2, -0.15) is 14.7 Å². The first-order valence-electron chi connectivity index (χ1n) is 15.2. The summed E-state index contributed by atoms with van der Waals surface area (Å²) in [5.74, 6) is -1.11. The number of carbonyl (C=O) groups excluding carboxylic acids is 2. The molecule has 15 nitrogen and oxygen atoms in total. The number of rotatable bonds is 14. The number of hydrogen-bond acceptors (Lipinski definition) is 11. The molecule has 6 aromatic rings. The number of H-pyrrole nitrogens is 1. The first kappa shape index (κ1) is 35.9. The summed E-state index contributed by atoms with van der Waals surface area (Å²) in [6.07, 6.45) is 4.25. The number of fused-ring (bicyclic) bond motifs is 1. The van der Waals surface area contributed by atoms with E-state index in [0.29, 0.717) is 24.6 Å². The Morgan fingerprint density at radius 2 is 1.78 bits per heavy atom. The monoisotopic (exact) mass is 692 g/mol. The molecule has 6 rings (SSSR count). The van der Waals surface area contributed by atoms with Crippen LogP contribution in [-0.4, -0.2) is 56.8 Å². The van der Waals surface area contributed by atoms with Gasteiger partial charge in [0.1, 0.15) is 23.5 Å². The molecule has 0 amide bonds. The van der Waals surface area contributed by atoms with Crippen molar-refractivity contribution in [2.75, 3.05) is 0 Å². The SMILES string of the molecule is CCCCc1nc(F)c(COC(=O)CCC(=O)OCn2ncc3c(=O)[nH]cnc32)n1Cc1ccc(-c2ccccc2-c2nnn[n-]2)cc1.[K+]. The summed E-state index contributed by atoms with van der Waals surface area (Å²) in [7, 11) is 0. The van der Waals surface area contributed by atoms with Crippen LogP contribution in [0.5, 0.6) is 0 Å². The van der Waals surface area contributed by atoms with Crippen LogP contribution in [-0.2, 0) is 45.4 Å². The molecule has 0 saturated carbocycles. The van der Waals surface area contributed by atoms with Crippen molar-refractivity contribution in [3.05, 3.63) is 94.4 Å². The molecule has 0 spiro atoms. The van der Waals surface area contributed by atoms with Gasteiger partial charge in [0.25, 0.3) is 5.56 Å². The topological polar surface area (TPSA) is 187 Å². The Hall–Kier alpha value is -4.42. The number of tetrazole rings is 1. The van der Waals surface area contributed by atoms with Gasteiger partial charge in [0.15, 0.2) is 12.4 Å². The van der Waals surface area contributed by atoms with Crippen molar-refractivity contribution in [1.82, 2.24) is 49.9 Å². The van der Waals surface area contributed by atoms with Crippen LogP contribution in [0.1, 0.15) is 49.7 Å². The zero-order chi connectivity index (χ0) is 33.5.